The first-order valence-electron chi connectivity index (χ1n) is 7.65. The summed E-state index contributed by atoms with van der Waals surface area (Å²) in [7, 11) is 0. The molecule has 4 nitrogen and oxygen atoms in total. The molecule has 0 aliphatic carbocycles. The fourth-order valence-corrected chi connectivity index (χ4v) is 3.59. The lowest BCUT2D eigenvalue weighted by Crippen LogP contribution is -2.52. The van der Waals surface area contributed by atoms with E-state index in [2.05, 4.69) is 15.2 Å². The van der Waals surface area contributed by atoms with Crippen LogP contribution in [0.2, 0.25) is 0 Å². The Bertz CT molecular complexity index is 449. The van der Waals surface area contributed by atoms with E-state index in [-0.39, 0.29) is 5.91 Å². The number of hydrogen-bond donors (Lipinski definition) is 1. The summed E-state index contributed by atoms with van der Waals surface area (Å²) < 4.78 is 0. The summed E-state index contributed by atoms with van der Waals surface area (Å²) in [5, 5.41) is 3.51. The predicted molar refractivity (Wildman–Crippen MR) is 78.3 cm³/mol. The maximum Gasteiger partial charge on any atom is 0.227 e. The molecule has 0 aromatic carbocycles. The lowest BCUT2D eigenvalue weighted by Gasteiger charge is -2.45. The Balaban J connectivity index is 1.63. The SMILES string of the molecule is O=C(Cc1ccncc1)N1CCCC2(CCCNC2)C1. The molecule has 2 aliphatic heterocycles. The fraction of sp³-hybridized carbons (Fsp3) is 0.625. The highest BCUT2D eigenvalue weighted by molar-refractivity contribution is 5.78. The molecule has 1 aromatic heterocycles. The van der Waals surface area contributed by atoms with Crippen molar-refractivity contribution in [2.24, 2.45) is 5.41 Å². The highest BCUT2D eigenvalue weighted by Crippen LogP contribution is 2.35. The van der Waals surface area contributed by atoms with Crippen LogP contribution in [-0.2, 0) is 11.2 Å². The molecular formula is C16H23N3O. The highest BCUT2D eigenvalue weighted by Gasteiger charge is 2.37. The van der Waals surface area contributed by atoms with Gasteiger partial charge < -0.3 is 10.2 Å². The summed E-state index contributed by atoms with van der Waals surface area (Å²) >= 11 is 0. The van der Waals surface area contributed by atoms with Gasteiger partial charge in [-0.15, -0.1) is 0 Å². The molecular weight excluding hydrogens is 250 g/mol. The first-order chi connectivity index (χ1) is 9.77. The quantitative estimate of drug-likeness (QED) is 0.890. The van der Waals surface area contributed by atoms with Crippen molar-refractivity contribution >= 4 is 5.91 Å². The Morgan fingerprint density at radius 3 is 2.85 bits per heavy atom. The average molecular weight is 273 g/mol. The van der Waals surface area contributed by atoms with Crippen LogP contribution in [0.3, 0.4) is 0 Å². The number of carbonyl (C=O) groups excluding carboxylic acids is 1. The van der Waals surface area contributed by atoms with Crippen molar-refractivity contribution in [1.29, 1.82) is 0 Å². The molecule has 3 heterocycles. The van der Waals surface area contributed by atoms with Gasteiger partial charge in [0.2, 0.25) is 5.91 Å². The molecule has 0 bridgehead atoms. The topological polar surface area (TPSA) is 45.2 Å². The molecule has 108 valence electrons. The number of amides is 1. The third kappa shape index (κ3) is 3.01. The lowest BCUT2D eigenvalue weighted by atomic mass is 9.74. The van der Waals surface area contributed by atoms with Crippen molar-refractivity contribution in [2.75, 3.05) is 26.2 Å². The Morgan fingerprint density at radius 1 is 1.30 bits per heavy atom. The van der Waals surface area contributed by atoms with Gasteiger partial charge in [-0.05, 0) is 49.9 Å². The summed E-state index contributed by atoms with van der Waals surface area (Å²) in [5.74, 6) is 0.265. The third-order valence-electron chi connectivity index (χ3n) is 4.68. The average Bonchev–Trinajstić information content (AvgIpc) is 2.49. The number of rotatable bonds is 2. The summed E-state index contributed by atoms with van der Waals surface area (Å²) in [6.07, 6.45) is 8.93. The van der Waals surface area contributed by atoms with Gasteiger partial charge in [-0.2, -0.15) is 0 Å². The molecule has 1 atom stereocenters. The van der Waals surface area contributed by atoms with Gasteiger partial charge in [0.25, 0.3) is 0 Å². The molecule has 1 amide bonds. The number of hydrogen-bond acceptors (Lipinski definition) is 3. The second kappa shape index (κ2) is 5.92. The Hall–Kier alpha value is -1.42. The monoisotopic (exact) mass is 273 g/mol. The van der Waals surface area contributed by atoms with Crippen LogP contribution in [0.25, 0.3) is 0 Å². The van der Waals surface area contributed by atoms with E-state index >= 15 is 0 Å². The summed E-state index contributed by atoms with van der Waals surface area (Å²) in [4.78, 5) is 18.6. The molecule has 3 rings (SSSR count). The number of piperidine rings is 2. The number of carbonyl (C=O) groups is 1. The highest BCUT2D eigenvalue weighted by atomic mass is 16.2. The molecule has 2 fully saturated rings. The molecule has 1 N–H and O–H groups in total. The van der Waals surface area contributed by atoms with Crippen LogP contribution in [0.4, 0.5) is 0 Å². The van der Waals surface area contributed by atoms with E-state index in [4.69, 9.17) is 0 Å². The summed E-state index contributed by atoms with van der Waals surface area (Å²) in [6, 6.07) is 3.86. The fourth-order valence-electron chi connectivity index (χ4n) is 3.59. The maximum atomic E-state index is 12.5. The number of aromatic nitrogens is 1. The first kappa shape index (κ1) is 13.6. The number of pyridine rings is 1. The van der Waals surface area contributed by atoms with E-state index in [0.29, 0.717) is 11.8 Å². The van der Waals surface area contributed by atoms with Gasteiger partial charge in [0.15, 0.2) is 0 Å². The second-order valence-corrected chi connectivity index (χ2v) is 6.23. The van der Waals surface area contributed by atoms with Crippen molar-refractivity contribution in [2.45, 2.75) is 32.1 Å². The summed E-state index contributed by atoms with van der Waals surface area (Å²) in [5.41, 5.74) is 1.40. The smallest absolute Gasteiger partial charge is 0.227 e. The van der Waals surface area contributed by atoms with Crippen LogP contribution in [0.5, 0.6) is 0 Å². The first-order valence-corrected chi connectivity index (χ1v) is 7.65. The molecule has 0 radical (unpaired) electrons. The number of nitrogens with one attached hydrogen (secondary N) is 1. The van der Waals surface area contributed by atoms with Gasteiger partial charge in [-0.3, -0.25) is 9.78 Å². The van der Waals surface area contributed by atoms with E-state index in [1.54, 1.807) is 12.4 Å². The normalized spacial score (nSPS) is 26.7. The van der Waals surface area contributed by atoms with Gasteiger partial charge in [-0.1, -0.05) is 0 Å². The molecule has 2 aliphatic rings. The zero-order valence-electron chi connectivity index (χ0n) is 12.0. The molecule has 20 heavy (non-hydrogen) atoms. The Kier molecular flexibility index (Phi) is 4.01. The minimum atomic E-state index is 0.265. The molecule has 1 aromatic rings. The van der Waals surface area contributed by atoms with Crippen molar-refractivity contribution < 1.29 is 4.79 Å². The largest absolute Gasteiger partial charge is 0.342 e. The van der Waals surface area contributed by atoms with E-state index < -0.39 is 0 Å². The van der Waals surface area contributed by atoms with Gasteiger partial charge in [-0.25, -0.2) is 0 Å². The third-order valence-corrected chi connectivity index (χ3v) is 4.68. The van der Waals surface area contributed by atoms with E-state index in [1.807, 2.05) is 12.1 Å². The minimum Gasteiger partial charge on any atom is -0.342 e. The van der Waals surface area contributed by atoms with Crippen molar-refractivity contribution in [1.82, 2.24) is 15.2 Å². The zero-order chi connectivity index (χ0) is 13.8. The number of nitrogens with zero attached hydrogens (tertiary/aromatic N) is 2. The lowest BCUT2D eigenvalue weighted by molar-refractivity contribution is -0.134. The molecule has 0 saturated carbocycles. The van der Waals surface area contributed by atoms with Crippen molar-refractivity contribution in [3.8, 4) is 0 Å². The van der Waals surface area contributed by atoms with Crippen LogP contribution >= 0.6 is 0 Å². The Morgan fingerprint density at radius 2 is 2.10 bits per heavy atom. The van der Waals surface area contributed by atoms with Crippen LogP contribution in [0, 0.1) is 5.41 Å². The van der Waals surface area contributed by atoms with Crippen LogP contribution < -0.4 is 5.32 Å². The van der Waals surface area contributed by atoms with Gasteiger partial charge in [0, 0.05) is 37.4 Å². The van der Waals surface area contributed by atoms with Crippen LogP contribution in [-0.4, -0.2) is 42.0 Å². The molecule has 4 heteroatoms. The zero-order valence-corrected chi connectivity index (χ0v) is 12.0. The van der Waals surface area contributed by atoms with E-state index in [0.717, 1.165) is 38.2 Å². The minimum absolute atomic E-state index is 0.265. The predicted octanol–water partition coefficient (Wildman–Crippen LogP) is 1.62. The molecule has 1 spiro atoms. The maximum absolute atomic E-state index is 12.5. The standard InChI is InChI=1S/C16H23N3O/c20-15(11-14-3-8-17-9-4-14)19-10-2-6-16(13-19)5-1-7-18-12-16/h3-4,8-9,18H,1-2,5-7,10-13H2. The Labute approximate surface area is 120 Å². The summed E-state index contributed by atoms with van der Waals surface area (Å²) in [6.45, 7) is 4.06. The molecule has 1 unspecified atom stereocenters. The number of likely N-dealkylation sites (tertiary alicyclic amines) is 1. The second-order valence-electron chi connectivity index (χ2n) is 6.23. The molecule has 2 saturated heterocycles. The van der Waals surface area contributed by atoms with E-state index in [1.165, 1.54) is 19.3 Å². The van der Waals surface area contributed by atoms with Crippen LogP contribution in [0.1, 0.15) is 31.2 Å². The van der Waals surface area contributed by atoms with E-state index in [9.17, 15) is 4.79 Å². The van der Waals surface area contributed by atoms with Crippen molar-refractivity contribution in [3.05, 3.63) is 30.1 Å². The van der Waals surface area contributed by atoms with Gasteiger partial charge in [0.05, 0.1) is 6.42 Å². The van der Waals surface area contributed by atoms with Gasteiger partial charge in [0.1, 0.15) is 0 Å². The van der Waals surface area contributed by atoms with Crippen molar-refractivity contribution in [3.63, 3.8) is 0 Å². The van der Waals surface area contributed by atoms with Gasteiger partial charge >= 0.3 is 0 Å². The van der Waals surface area contributed by atoms with Crippen LogP contribution in [0.15, 0.2) is 24.5 Å².